The molecule has 2 atom stereocenters. The summed E-state index contributed by atoms with van der Waals surface area (Å²) in [5.41, 5.74) is 7.35. The highest BCUT2D eigenvalue weighted by molar-refractivity contribution is 8.00. The summed E-state index contributed by atoms with van der Waals surface area (Å²) in [6.07, 6.45) is 0. The van der Waals surface area contributed by atoms with E-state index < -0.39 is 0 Å². The smallest absolute Gasteiger partial charge is 0.138 e. The monoisotopic (exact) mass is 252 g/mol. The highest BCUT2D eigenvalue weighted by atomic mass is 32.2. The van der Waals surface area contributed by atoms with Crippen molar-refractivity contribution in [2.75, 3.05) is 18.0 Å². The van der Waals surface area contributed by atoms with Crippen molar-refractivity contribution >= 4 is 17.4 Å². The number of benzene rings is 1. The highest BCUT2D eigenvalue weighted by Gasteiger charge is 2.24. The van der Waals surface area contributed by atoms with Gasteiger partial charge in [-0.3, -0.25) is 4.90 Å². The van der Waals surface area contributed by atoms with Crippen LogP contribution in [0.1, 0.15) is 19.4 Å². The number of nitrogen functional groups attached to an aromatic ring is 1. The molecule has 4 heteroatoms. The summed E-state index contributed by atoms with van der Waals surface area (Å²) >= 11 is 2.04. The van der Waals surface area contributed by atoms with Crippen molar-refractivity contribution in [3.05, 3.63) is 23.8 Å². The number of nitrogens with zero attached hydrogens (tertiary/aromatic N) is 1. The minimum atomic E-state index is 0.171. The minimum Gasteiger partial charge on any atom is -0.506 e. The Hall–Kier alpha value is -0.870. The fraction of sp³-hybridized carbons (Fsp3) is 0.538. The maximum atomic E-state index is 9.40. The van der Waals surface area contributed by atoms with Gasteiger partial charge in [0.05, 0.1) is 5.69 Å². The zero-order chi connectivity index (χ0) is 12.4. The van der Waals surface area contributed by atoms with E-state index in [-0.39, 0.29) is 5.75 Å². The van der Waals surface area contributed by atoms with Crippen LogP contribution in [0.3, 0.4) is 0 Å². The second-order valence-corrected chi connectivity index (χ2v) is 6.17. The molecule has 2 rings (SSSR count). The average Bonchev–Trinajstić information content (AvgIpc) is 2.30. The second kappa shape index (κ2) is 5.19. The molecule has 0 radical (unpaired) electrons. The van der Waals surface area contributed by atoms with E-state index in [2.05, 4.69) is 18.7 Å². The number of hydrogen-bond donors (Lipinski definition) is 2. The Morgan fingerprint density at radius 3 is 2.94 bits per heavy atom. The van der Waals surface area contributed by atoms with Crippen LogP contribution >= 0.6 is 11.8 Å². The Balaban J connectivity index is 2.07. The first kappa shape index (κ1) is 12.6. The predicted molar refractivity (Wildman–Crippen MR) is 74.3 cm³/mol. The standard InChI is InChI=1S/C13H20N2OS/c1-9-10(2)17-6-5-15(9)8-11-3-4-13(16)12(14)7-11/h3-4,7,9-10,16H,5-6,8,14H2,1-2H3. The average molecular weight is 252 g/mol. The van der Waals surface area contributed by atoms with Crippen molar-refractivity contribution in [2.45, 2.75) is 31.7 Å². The summed E-state index contributed by atoms with van der Waals surface area (Å²) in [5.74, 6) is 1.36. The number of nitrogens with two attached hydrogens (primary N) is 1. The number of thioether (sulfide) groups is 1. The summed E-state index contributed by atoms with van der Waals surface area (Å²) in [7, 11) is 0. The molecule has 3 nitrogen and oxygen atoms in total. The first-order chi connectivity index (χ1) is 8.08. The third-order valence-corrected chi connectivity index (χ3v) is 4.83. The Bertz CT molecular complexity index is 397. The van der Waals surface area contributed by atoms with Crippen LogP contribution in [0.15, 0.2) is 18.2 Å². The molecule has 0 bridgehead atoms. The van der Waals surface area contributed by atoms with Crippen molar-refractivity contribution in [2.24, 2.45) is 0 Å². The maximum absolute atomic E-state index is 9.40. The van der Waals surface area contributed by atoms with Crippen LogP contribution in [0.2, 0.25) is 0 Å². The van der Waals surface area contributed by atoms with Crippen LogP contribution in [0.5, 0.6) is 5.75 Å². The van der Waals surface area contributed by atoms with E-state index in [4.69, 9.17) is 5.73 Å². The summed E-state index contributed by atoms with van der Waals surface area (Å²) < 4.78 is 0. The molecular weight excluding hydrogens is 232 g/mol. The van der Waals surface area contributed by atoms with Crippen molar-refractivity contribution < 1.29 is 5.11 Å². The quantitative estimate of drug-likeness (QED) is 0.626. The number of anilines is 1. The molecular formula is C13H20N2OS. The fourth-order valence-corrected chi connectivity index (χ4v) is 3.32. The van der Waals surface area contributed by atoms with Gasteiger partial charge in [-0.1, -0.05) is 13.0 Å². The normalized spacial score (nSPS) is 26.0. The summed E-state index contributed by atoms with van der Waals surface area (Å²) in [4.78, 5) is 2.48. The number of phenols is 1. The van der Waals surface area contributed by atoms with Crippen LogP contribution in [-0.4, -0.2) is 33.6 Å². The lowest BCUT2D eigenvalue weighted by molar-refractivity contribution is 0.204. The highest BCUT2D eigenvalue weighted by Crippen LogP contribution is 2.27. The zero-order valence-corrected chi connectivity index (χ0v) is 11.2. The van der Waals surface area contributed by atoms with Gasteiger partial charge in [0.15, 0.2) is 0 Å². The first-order valence-corrected chi connectivity index (χ1v) is 7.06. The summed E-state index contributed by atoms with van der Waals surface area (Å²) in [5, 5.41) is 10.1. The van der Waals surface area contributed by atoms with Gasteiger partial charge in [0.2, 0.25) is 0 Å². The van der Waals surface area contributed by atoms with Gasteiger partial charge in [0.1, 0.15) is 5.75 Å². The molecule has 0 amide bonds. The van der Waals surface area contributed by atoms with Crippen LogP contribution < -0.4 is 5.73 Å². The van der Waals surface area contributed by atoms with Crippen molar-refractivity contribution in [1.29, 1.82) is 0 Å². The molecule has 94 valence electrons. The van der Waals surface area contributed by atoms with E-state index in [1.807, 2.05) is 23.9 Å². The van der Waals surface area contributed by atoms with E-state index in [1.165, 1.54) is 11.3 Å². The van der Waals surface area contributed by atoms with Crippen molar-refractivity contribution in [3.63, 3.8) is 0 Å². The van der Waals surface area contributed by atoms with E-state index >= 15 is 0 Å². The molecule has 1 heterocycles. The van der Waals surface area contributed by atoms with Gasteiger partial charge >= 0.3 is 0 Å². The van der Waals surface area contributed by atoms with Gasteiger partial charge in [0, 0.05) is 30.1 Å². The van der Waals surface area contributed by atoms with E-state index in [9.17, 15) is 5.11 Å². The molecule has 0 saturated carbocycles. The molecule has 0 aliphatic carbocycles. The van der Waals surface area contributed by atoms with Gasteiger partial charge in [-0.2, -0.15) is 11.8 Å². The first-order valence-electron chi connectivity index (χ1n) is 6.01. The van der Waals surface area contributed by atoms with Gasteiger partial charge in [-0.05, 0) is 24.6 Å². The number of hydrogen-bond acceptors (Lipinski definition) is 4. The predicted octanol–water partition coefficient (Wildman–Crippen LogP) is 2.30. The van der Waals surface area contributed by atoms with Gasteiger partial charge in [-0.15, -0.1) is 0 Å². The Kier molecular flexibility index (Phi) is 3.84. The third-order valence-electron chi connectivity index (χ3n) is 3.49. The fourth-order valence-electron chi connectivity index (χ4n) is 2.16. The molecule has 0 aromatic heterocycles. The molecule has 1 aromatic rings. The van der Waals surface area contributed by atoms with Crippen molar-refractivity contribution in [1.82, 2.24) is 4.90 Å². The lowest BCUT2D eigenvalue weighted by atomic mass is 10.1. The molecule has 1 aromatic carbocycles. The van der Waals surface area contributed by atoms with E-state index in [0.717, 1.165) is 13.1 Å². The summed E-state index contributed by atoms with van der Waals surface area (Å²) in [6.45, 7) is 6.60. The topological polar surface area (TPSA) is 49.5 Å². The number of aromatic hydroxyl groups is 1. The largest absolute Gasteiger partial charge is 0.506 e. The lowest BCUT2D eigenvalue weighted by Gasteiger charge is -2.37. The van der Waals surface area contributed by atoms with Gasteiger partial charge in [0.25, 0.3) is 0 Å². The SMILES string of the molecule is CC1SCCN(Cc2ccc(O)c(N)c2)C1C. The molecule has 1 saturated heterocycles. The van der Waals surface area contributed by atoms with Crippen LogP contribution in [0.25, 0.3) is 0 Å². The molecule has 1 aliphatic rings. The Morgan fingerprint density at radius 1 is 1.47 bits per heavy atom. The molecule has 3 N–H and O–H groups in total. The minimum absolute atomic E-state index is 0.171. The lowest BCUT2D eigenvalue weighted by Crippen LogP contribution is -2.43. The van der Waals surface area contributed by atoms with E-state index in [1.54, 1.807) is 6.07 Å². The van der Waals surface area contributed by atoms with E-state index in [0.29, 0.717) is 17.0 Å². The molecule has 1 aliphatic heterocycles. The van der Waals surface area contributed by atoms with Gasteiger partial charge in [-0.25, -0.2) is 0 Å². The number of rotatable bonds is 2. The maximum Gasteiger partial charge on any atom is 0.138 e. The molecule has 2 unspecified atom stereocenters. The second-order valence-electron chi connectivity index (χ2n) is 4.68. The number of phenolic OH excluding ortho intramolecular Hbond substituents is 1. The Morgan fingerprint density at radius 2 is 2.24 bits per heavy atom. The third kappa shape index (κ3) is 2.87. The molecule has 17 heavy (non-hydrogen) atoms. The van der Waals surface area contributed by atoms with Gasteiger partial charge < -0.3 is 10.8 Å². The molecule has 0 spiro atoms. The van der Waals surface area contributed by atoms with Crippen molar-refractivity contribution in [3.8, 4) is 5.75 Å². The van der Waals surface area contributed by atoms with Crippen LogP contribution in [0, 0.1) is 0 Å². The van der Waals surface area contributed by atoms with Crippen LogP contribution in [0.4, 0.5) is 5.69 Å². The summed E-state index contributed by atoms with van der Waals surface area (Å²) in [6, 6.07) is 6.08. The molecule has 1 fully saturated rings. The Labute approximate surface area is 107 Å². The van der Waals surface area contributed by atoms with Crippen LogP contribution in [-0.2, 0) is 6.54 Å². The zero-order valence-electron chi connectivity index (χ0n) is 10.4.